The highest BCUT2D eigenvalue weighted by Crippen LogP contribution is 2.17. The van der Waals surface area contributed by atoms with Crippen molar-refractivity contribution in [1.29, 1.82) is 0 Å². The first-order valence-electron chi connectivity index (χ1n) is 6.30. The molecule has 3 heteroatoms. The van der Waals surface area contributed by atoms with Gasteiger partial charge in [-0.15, -0.1) is 0 Å². The van der Waals surface area contributed by atoms with Crippen LogP contribution in [0.2, 0.25) is 5.02 Å². The van der Waals surface area contributed by atoms with E-state index in [0.29, 0.717) is 12.1 Å². The molecule has 0 aliphatic heterocycles. The average molecular weight is 278 g/mol. The molecule has 0 aromatic heterocycles. The van der Waals surface area contributed by atoms with Gasteiger partial charge < -0.3 is 5.32 Å². The minimum absolute atomic E-state index is 0.158. The van der Waals surface area contributed by atoms with Gasteiger partial charge in [0, 0.05) is 17.6 Å². The van der Waals surface area contributed by atoms with Crippen molar-refractivity contribution >= 4 is 11.6 Å². The van der Waals surface area contributed by atoms with Crippen LogP contribution in [-0.4, -0.2) is 0 Å². The molecule has 0 unspecified atom stereocenters. The first kappa shape index (κ1) is 14.0. The van der Waals surface area contributed by atoms with Crippen LogP contribution in [0.15, 0.2) is 42.5 Å². The Morgan fingerprint density at radius 2 is 1.84 bits per heavy atom. The summed E-state index contributed by atoms with van der Waals surface area (Å²) in [4.78, 5) is 0. The third-order valence-corrected chi connectivity index (χ3v) is 3.46. The number of aryl methyl sites for hydroxylation is 1. The summed E-state index contributed by atoms with van der Waals surface area (Å²) in [5.74, 6) is -0.158. The van der Waals surface area contributed by atoms with Gasteiger partial charge in [0.25, 0.3) is 0 Å². The molecule has 100 valence electrons. The number of halogens is 2. The Balaban J connectivity index is 1.98. The maximum Gasteiger partial charge on any atom is 0.126 e. The van der Waals surface area contributed by atoms with Crippen LogP contribution in [0.1, 0.15) is 29.7 Å². The van der Waals surface area contributed by atoms with E-state index >= 15 is 0 Å². The maximum absolute atomic E-state index is 13.2. The minimum Gasteiger partial charge on any atom is -0.306 e. The van der Waals surface area contributed by atoms with Crippen molar-refractivity contribution in [2.24, 2.45) is 0 Å². The van der Waals surface area contributed by atoms with E-state index < -0.39 is 0 Å². The molecule has 2 aromatic carbocycles. The van der Waals surface area contributed by atoms with Gasteiger partial charge in [-0.3, -0.25) is 0 Å². The lowest BCUT2D eigenvalue weighted by Crippen LogP contribution is -2.18. The molecular weight excluding hydrogens is 261 g/mol. The van der Waals surface area contributed by atoms with Crippen LogP contribution in [0.3, 0.4) is 0 Å². The van der Waals surface area contributed by atoms with E-state index in [2.05, 4.69) is 12.2 Å². The zero-order valence-electron chi connectivity index (χ0n) is 11.1. The molecule has 0 saturated heterocycles. The molecule has 0 radical (unpaired) electrons. The van der Waals surface area contributed by atoms with Crippen molar-refractivity contribution in [1.82, 2.24) is 5.32 Å². The standard InChI is InChI=1S/C16H17ClFN/c1-11-9-13(3-8-16(11)18)10-19-12(2)14-4-6-15(17)7-5-14/h3-9,12,19H,10H2,1-2H3/t12-/m1/s1. The van der Waals surface area contributed by atoms with E-state index in [9.17, 15) is 4.39 Å². The second-order valence-corrected chi connectivity index (χ2v) is 5.17. The van der Waals surface area contributed by atoms with Crippen LogP contribution in [0.5, 0.6) is 0 Å². The SMILES string of the molecule is Cc1cc(CN[C@H](C)c2ccc(Cl)cc2)ccc1F. The molecular formula is C16H17ClFN. The molecule has 1 nitrogen and oxygen atoms in total. The van der Waals surface area contributed by atoms with Gasteiger partial charge in [-0.2, -0.15) is 0 Å². The predicted molar refractivity (Wildman–Crippen MR) is 77.8 cm³/mol. The second-order valence-electron chi connectivity index (χ2n) is 4.74. The number of benzene rings is 2. The van der Waals surface area contributed by atoms with Gasteiger partial charge in [0.2, 0.25) is 0 Å². The number of hydrogen-bond donors (Lipinski definition) is 1. The van der Waals surface area contributed by atoms with Gasteiger partial charge in [-0.05, 0) is 48.7 Å². The number of rotatable bonds is 4. The fourth-order valence-corrected chi connectivity index (χ4v) is 2.08. The topological polar surface area (TPSA) is 12.0 Å². The summed E-state index contributed by atoms with van der Waals surface area (Å²) in [6.45, 7) is 4.59. The quantitative estimate of drug-likeness (QED) is 0.858. The molecule has 0 fully saturated rings. The lowest BCUT2D eigenvalue weighted by atomic mass is 10.1. The molecule has 0 spiro atoms. The predicted octanol–water partition coefficient (Wildman–Crippen LogP) is 4.64. The molecule has 0 saturated carbocycles. The van der Waals surface area contributed by atoms with Crippen LogP contribution >= 0.6 is 11.6 Å². The molecule has 1 N–H and O–H groups in total. The Morgan fingerprint density at radius 3 is 2.47 bits per heavy atom. The first-order valence-corrected chi connectivity index (χ1v) is 6.68. The summed E-state index contributed by atoms with van der Waals surface area (Å²) < 4.78 is 13.2. The van der Waals surface area contributed by atoms with Gasteiger partial charge in [-0.1, -0.05) is 35.9 Å². The highest BCUT2D eigenvalue weighted by Gasteiger charge is 2.05. The van der Waals surface area contributed by atoms with Crippen LogP contribution < -0.4 is 5.32 Å². The van der Waals surface area contributed by atoms with Crippen molar-refractivity contribution in [2.45, 2.75) is 26.4 Å². The smallest absolute Gasteiger partial charge is 0.126 e. The van der Waals surface area contributed by atoms with E-state index in [0.717, 1.165) is 10.6 Å². The van der Waals surface area contributed by atoms with Gasteiger partial charge >= 0.3 is 0 Å². The van der Waals surface area contributed by atoms with Crippen LogP contribution in [0.4, 0.5) is 4.39 Å². The van der Waals surface area contributed by atoms with E-state index in [4.69, 9.17) is 11.6 Å². The summed E-state index contributed by atoms with van der Waals surface area (Å²) in [5, 5.41) is 4.16. The molecule has 0 bridgehead atoms. The number of nitrogens with one attached hydrogen (secondary N) is 1. The molecule has 0 amide bonds. The molecule has 2 aromatic rings. The summed E-state index contributed by atoms with van der Waals surface area (Å²) in [6, 6.07) is 13.2. The summed E-state index contributed by atoms with van der Waals surface area (Å²) in [5.41, 5.74) is 2.95. The van der Waals surface area contributed by atoms with Gasteiger partial charge in [0.15, 0.2) is 0 Å². The Kier molecular flexibility index (Phi) is 4.56. The highest BCUT2D eigenvalue weighted by atomic mass is 35.5. The molecule has 19 heavy (non-hydrogen) atoms. The van der Waals surface area contributed by atoms with E-state index in [-0.39, 0.29) is 11.9 Å². The lowest BCUT2D eigenvalue weighted by Gasteiger charge is -2.14. The van der Waals surface area contributed by atoms with Crippen molar-refractivity contribution in [3.63, 3.8) is 0 Å². The third-order valence-electron chi connectivity index (χ3n) is 3.20. The second kappa shape index (κ2) is 6.18. The highest BCUT2D eigenvalue weighted by molar-refractivity contribution is 6.30. The van der Waals surface area contributed by atoms with Gasteiger partial charge in [0.05, 0.1) is 0 Å². The molecule has 0 aliphatic carbocycles. The molecule has 2 rings (SSSR count). The Morgan fingerprint density at radius 1 is 1.16 bits per heavy atom. The molecule has 1 atom stereocenters. The average Bonchev–Trinajstić information content (AvgIpc) is 2.40. The minimum atomic E-state index is -0.158. The fourth-order valence-electron chi connectivity index (χ4n) is 1.96. The van der Waals surface area contributed by atoms with E-state index in [1.807, 2.05) is 36.4 Å². The third kappa shape index (κ3) is 3.79. The fraction of sp³-hybridized carbons (Fsp3) is 0.250. The zero-order valence-corrected chi connectivity index (χ0v) is 11.8. The monoisotopic (exact) mass is 277 g/mol. The van der Waals surface area contributed by atoms with Crippen LogP contribution in [0.25, 0.3) is 0 Å². The van der Waals surface area contributed by atoms with E-state index in [1.165, 1.54) is 11.6 Å². The summed E-state index contributed by atoms with van der Waals surface area (Å²) in [6.07, 6.45) is 0. The molecule has 0 aliphatic rings. The summed E-state index contributed by atoms with van der Waals surface area (Å²) >= 11 is 5.87. The Bertz CT molecular complexity index is 551. The Labute approximate surface area is 118 Å². The van der Waals surface area contributed by atoms with Crippen LogP contribution in [-0.2, 0) is 6.54 Å². The molecule has 0 heterocycles. The normalized spacial score (nSPS) is 12.4. The maximum atomic E-state index is 13.2. The van der Waals surface area contributed by atoms with E-state index in [1.54, 1.807) is 6.92 Å². The Hall–Kier alpha value is -1.38. The first-order chi connectivity index (χ1) is 9.06. The van der Waals surface area contributed by atoms with Crippen LogP contribution in [0, 0.1) is 12.7 Å². The van der Waals surface area contributed by atoms with Gasteiger partial charge in [0.1, 0.15) is 5.82 Å². The lowest BCUT2D eigenvalue weighted by molar-refractivity contribution is 0.572. The van der Waals surface area contributed by atoms with Crippen molar-refractivity contribution in [3.05, 3.63) is 70.0 Å². The van der Waals surface area contributed by atoms with Crippen molar-refractivity contribution < 1.29 is 4.39 Å². The van der Waals surface area contributed by atoms with Gasteiger partial charge in [-0.25, -0.2) is 4.39 Å². The summed E-state index contributed by atoms with van der Waals surface area (Å²) in [7, 11) is 0. The van der Waals surface area contributed by atoms with Crippen molar-refractivity contribution in [3.8, 4) is 0 Å². The number of hydrogen-bond acceptors (Lipinski definition) is 1. The largest absolute Gasteiger partial charge is 0.306 e. The zero-order chi connectivity index (χ0) is 13.8. The van der Waals surface area contributed by atoms with Crippen molar-refractivity contribution in [2.75, 3.05) is 0 Å².